The third-order valence-electron chi connectivity index (χ3n) is 4.42. The molecule has 0 aromatic heterocycles. The lowest BCUT2D eigenvalue weighted by Gasteiger charge is -2.38. The Balaban J connectivity index is 2.26. The molecule has 15 heavy (non-hydrogen) atoms. The van der Waals surface area contributed by atoms with Crippen molar-refractivity contribution in [2.75, 3.05) is 13.1 Å². The molecule has 2 heteroatoms. The summed E-state index contributed by atoms with van der Waals surface area (Å²) in [5.41, 5.74) is 6.76. The van der Waals surface area contributed by atoms with Crippen LogP contribution < -0.4 is 11.1 Å². The van der Waals surface area contributed by atoms with E-state index < -0.39 is 0 Å². The van der Waals surface area contributed by atoms with Gasteiger partial charge in [-0.3, -0.25) is 0 Å². The van der Waals surface area contributed by atoms with Crippen LogP contribution in [0.2, 0.25) is 0 Å². The van der Waals surface area contributed by atoms with Crippen LogP contribution in [0.3, 0.4) is 0 Å². The quantitative estimate of drug-likeness (QED) is 0.734. The Kier molecular flexibility index (Phi) is 3.24. The first kappa shape index (κ1) is 13.0. The largest absolute Gasteiger partial charge is 0.325 e. The van der Waals surface area contributed by atoms with Crippen LogP contribution in [0.25, 0.3) is 0 Å². The molecule has 0 bridgehead atoms. The molecule has 1 aliphatic carbocycles. The molecule has 1 atom stereocenters. The van der Waals surface area contributed by atoms with Crippen LogP contribution in [0.4, 0.5) is 0 Å². The van der Waals surface area contributed by atoms with Crippen LogP contribution in [-0.2, 0) is 0 Å². The first-order chi connectivity index (χ1) is 6.56. The highest BCUT2D eigenvalue weighted by atomic mass is 14.9. The molecule has 0 spiro atoms. The molecule has 0 aromatic carbocycles. The Morgan fingerprint density at radius 1 is 1.27 bits per heavy atom. The molecule has 1 unspecified atom stereocenters. The predicted molar refractivity (Wildman–Crippen MR) is 66.8 cm³/mol. The van der Waals surface area contributed by atoms with Crippen LogP contribution in [0, 0.1) is 16.7 Å². The van der Waals surface area contributed by atoms with E-state index in [0.29, 0.717) is 5.41 Å². The van der Waals surface area contributed by atoms with Gasteiger partial charge in [0.1, 0.15) is 0 Å². The number of rotatable bonds is 5. The predicted octanol–water partition coefficient (Wildman–Crippen LogP) is 2.39. The summed E-state index contributed by atoms with van der Waals surface area (Å²) in [4.78, 5) is 0. The molecule has 0 heterocycles. The first-order valence-corrected chi connectivity index (χ1v) is 6.06. The summed E-state index contributed by atoms with van der Waals surface area (Å²) in [5.74, 6) is 0.870. The van der Waals surface area contributed by atoms with Crippen LogP contribution >= 0.6 is 0 Å². The maximum atomic E-state index is 6.16. The van der Waals surface area contributed by atoms with Gasteiger partial charge in [0.15, 0.2) is 0 Å². The zero-order chi connectivity index (χ0) is 11.9. The van der Waals surface area contributed by atoms with Gasteiger partial charge in [0.25, 0.3) is 0 Å². The van der Waals surface area contributed by atoms with Crippen molar-refractivity contribution in [3.63, 3.8) is 0 Å². The summed E-state index contributed by atoms with van der Waals surface area (Å²) >= 11 is 0. The highest BCUT2D eigenvalue weighted by Crippen LogP contribution is 2.51. The van der Waals surface area contributed by atoms with E-state index in [-0.39, 0.29) is 11.0 Å². The van der Waals surface area contributed by atoms with Crippen LogP contribution in [-0.4, -0.2) is 18.6 Å². The SMILES string of the molecule is CC1(C)CC1CNCC(C)(C)C(C)(C)N. The van der Waals surface area contributed by atoms with Gasteiger partial charge in [-0.1, -0.05) is 27.7 Å². The van der Waals surface area contributed by atoms with Crippen LogP contribution in [0.1, 0.15) is 48.0 Å². The van der Waals surface area contributed by atoms with Gasteiger partial charge in [-0.25, -0.2) is 0 Å². The summed E-state index contributed by atoms with van der Waals surface area (Å²) in [7, 11) is 0. The average molecular weight is 212 g/mol. The lowest BCUT2D eigenvalue weighted by Crippen LogP contribution is -2.52. The van der Waals surface area contributed by atoms with E-state index in [9.17, 15) is 0 Å². The molecule has 2 nitrogen and oxygen atoms in total. The van der Waals surface area contributed by atoms with E-state index in [1.165, 1.54) is 6.42 Å². The third kappa shape index (κ3) is 3.18. The van der Waals surface area contributed by atoms with Gasteiger partial charge in [-0.15, -0.1) is 0 Å². The summed E-state index contributed by atoms with van der Waals surface area (Å²) in [5, 5.41) is 3.57. The van der Waals surface area contributed by atoms with Crippen LogP contribution in [0.5, 0.6) is 0 Å². The van der Waals surface area contributed by atoms with E-state index in [2.05, 4.69) is 46.9 Å². The number of hydrogen-bond acceptors (Lipinski definition) is 2. The Morgan fingerprint density at radius 2 is 1.73 bits per heavy atom. The van der Waals surface area contributed by atoms with Gasteiger partial charge in [0.2, 0.25) is 0 Å². The minimum absolute atomic E-state index is 0.126. The van der Waals surface area contributed by atoms with E-state index in [4.69, 9.17) is 5.73 Å². The fourth-order valence-electron chi connectivity index (χ4n) is 1.71. The molecule has 1 aliphatic rings. The summed E-state index contributed by atoms with van der Waals surface area (Å²) in [6, 6.07) is 0. The first-order valence-electron chi connectivity index (χ1n) is 6.06. The number of nitrogens with two attached hydrogens (primary N) is 1. The van der Waals surface area contributed by atoms with Crippen LogP contribution in [0.15, 0.2) is 0 Å². The molecule has 0 aromatic rings. The van der Waals surface area contributed by atoms with E-state index >= 15 is 0 Å². The van der Waals surface area contributed by atoms with Gasteiger partial charge in [-0.05, 0) is 43.6 Å². The minimum atomic E-state index is -0.126. The molecule has 0 aliphatic heterocycles. The summed E-state index contributed by atoms with van der Waals surface area (Å²) in [6.07, 6.45) is 1.37. The Labute approximate surface area is 95.0 Å². The second kappa shape index (κ2) is 3.74. The Morgan fingerprint density at radius 3 is 2.07 bits per heavy atom. The zero-order valence-corrected chi connectivity index (χ0v) is 11.3. The molecule has 90 valence electrons. The lowest BCUT2D eigenvalue weighted by molar-refractivity contribution is 0.194. The monoisotopic (exact) mass is 212 g/mol. The van der Waals surface area contributed by atoms with Gasteiger partial charge in [-0.2, -0.15) is 0 Å². The number of hydrogen-bond donors (Lipinski definition) is 2. The van der Waals surface area contributed by atoms with Gasteiger partial charge < -0.3 is 11.1 Å². The fraction of sp³-hybridized carbons (Fsp3) is 1.00. The highest BCUT2D eigenvalue weighted by Gasteiger charge is 2.45. The number of nitrogens with one attached hydrogen (secondary N) is 1. The molecule has 1 fully saturated rings. The van der Waals surface area contributed by atoms with E-state index in [0.717, 1.165) is 19.0 Å². The van der Waals surface area contributed by atoms with E-state index in [1.54, 1.807) is 0 Å². The van der Waals surface area contributed by atoms with Crippen molar-refractivity contribution >= 4 is 0 Å². The Bertz CT molecular complexity index is 223. The molecule has 3 N–H and O–H groups in total. The molecule has 0 saturated heterocycles. The molecule has 1 rings (SSSR count). The normalized spacial score (nSPS) is 25.4. The Hall–Kier alpha value is -0.0800. The highest BCUT2D eigenvalue weighted by molar-refractivity contribution is 4.97. The summed E-state index contributed by atoms with van der Waals surface area (Å²) in [6.45, 7) is 15.5. The zero-order valence-electron chi connectivity index (χ0n) is 11.3. The van der Waals surface area contributed by atoms with E-state index in [1.807, 2.05) is 0 Å². The van der Waals surface area contributed by atoms with Crippen molar-refractivity contribution in [1.29, 1.82) is 0 Å². The van der Waals surface area contributed by atoms with Crippen molar-refractivity contribution in [3.8, 4) is 0 Å². The second-order valence-corrected chi connectivity index (χ2v) is 7.13. The molecular formula is C13H28N2. The molecular weight excluding hydrogens is 184 g/mol. The van der Waals surface area contributed by atoms with Gasteiger partial charge >= 0.3 is 0 Å². The molecule has 0 amide bonds. The molecule has 0 radical (unpaired) electrons. The van der Waals surface area contributed by atoms with Crippen molar-refractivity contribution in [3.05, 3.63) is 0 Å². The second-order valence-electron chi connectivity index (χ2n) is 7.13. The van der Waals surface area contributed by atoms with Crippen molar-refractivity contribution in [1.82, 2.24) is 5.32 Å². The average Bonchev–Trinajstić information content (AvgIpc) is 2.56. The molecule has 1 saturated carbocycles. The van der Waals surface area contributed by atoms with Gasteiger partial charge in [0, 0.05) is 12.1 Å². The lowest BCUT2D eigenvalue weighted by atomic mass is 9.75. The smallest absolute Gasteiger partial charge is 0.0161 e. The summed E-state index contributed by atoms with van der Waals surface area (Å²) < 4.78 is 0. The third-order valence-corrected chi connectivity index (χ3v) is 4.42. The fourth-order valence-corrected chi connectivity index (χ4v) is 1.71. The van der Waals surface area contributed by atoms with Crippen molar-refractivity contribution < 1.29 is 0 Å². The van der Waals surface area contributed by atoms with Crippen molar-refractivity contribution in [2.24, 2.45) is 22.5 Å². The maximum absolute atomic E-state index is 6.16. The topological polar surface area (TPSA) is 38.0 Å². The van der Waals surface area contributed by atoms with Gasteiger partial charge in [0.05, 0.1) is 0 Å². The maximum Gasteiger partial charge on any atom is 0.0161 e. The van der Waals surface area contributed by atoms with Crippen molar-refractivity contribution in [2.45, 2.75) is 53.5 Å². The standard InChI is InChI=1S/C13H28N2/c1-11(2)7-10(11)8-15-9-12(3,4)13(5,6)14/h10,15H,7-9,14H2,1-6H3. The minimum Gasteiger partial charge on any atom is -0.325 e.